The van der Waals surface area contributed by atoms with Gasteiger partial charge in [-0.1, -0.05) is 31.9 Å². The van der Waals surface area contributed by atoms with Crippen LogP contribution in [0.2, 0.25) is 0 Å². The molecule has 2 saturated carbocycles. The number of rotatable bonds is 1. The van der Waals surface area contributed by atoms with Gasteiger partial charge in [-0.15, -0.1) is 23.5 Å². The Kier molecular flexibility index (Phi) is 2.53. The van der Waals surface area contributed by atoms with Crippen LogP contribution in [0.4, 0.5) is 0 Å². The van der Waals surface area contributed by atoms with Crippen molar-refractivity contribution in [3.63, 3.8) is 0 Å². The van der Waals surface area contributed by atoms with E-state index in [2.05, 4.69) is 26.8 Å². The van der Waals surface area contributed by atoms with E-state index in [-0.39, 0.29) is 9.97 Å². The van der Waals surface area contributed by atoms with Gasteiger partial charge in [0.2, 0.25) is 0 Å². The number of thioether (sulfide) groups is 2. The summed E-state index contributed by atoms with van der Waals surface area (Å²) in [5, 5.41) is 0. The third-order valence-corrected chi connectivity index (χ3v) is 10.2. The molecule has 1 aliphatic heterocycles. The average Bonchev–Trinajstić information content (AvgIpc) is 3.08. The van der Waals surface area contributed by atoms with E-state index in [0.717, 1.165) is 17.4 Å². The van der Waals surface area contributed by atoms with E-state index in [0.29, 0.717) is 10.8 Å². The van der Waals surface area contributed by atoms with Gasteiger partial charge in [0, 0.05) is 22.3 Å². The Labute approximate surface area is 128 Å². The molecule has 4 rings (SSSR count). The van der Waals surface area contributed by atoms with Gasteiger partial charge in [-0.2, -0.15) is 0 Å². The highest BCUT2D eigenvalue weighted by atomic mass is 32.2. The predicted molar refractivity (Wildman–Crippen MR) is 87.7 cm³/mol. The molecule has 0 nitrogen and oxygen atoms in total. The standard InChI is InChI=1S/C17H26S2/c1-12-5-8-16-6-4-7-17(12,16)13(2)11-15(16,3)14-18-9-10-19-14/h11-12,14H,4-10H2,1-3H3/t12-,15-,16+,17-/m1/s1/i14D. The normalized spacial score (nSPS) is 55.8. The van der Waals surface area contributed by atoms with Crippen molar-refractivity contribution in [1.29, 1.82) is 0 Å². The molecule has 19 heavy (non-hydrogen) atoms. The highest BCUT2D eigenvalue weighted by Gasteiger charge is 2.72. The molecule has 3 aliphatic carbocycles. The van der Waals surface area contributed by atoms with Crippen LogP contribution in [0.25, 0.3) is 0 Å². The number of hydrogen-bond donors (Lipinski definition) is 0. The lowest BCUT2D eigenvalue weighted by atomic mass is 9.57. The van der Waals surface area contributed by atoms with Crippen LogP contribution in [0, 0.1) is 22.2 Å². The quantitative estimate of drug-likeness (QED) is 0.598. The SMILES string of the molecule is [2H]C1([C@@]2(C)C=C(C)[C@]34CCC[C@@]32CC[C@H]4C)SCCS1. The topological polar surface area (TPSA) is 0 Å². The Morgan fingerprint density at radius 3 is 2.74 bits per heavy atom. The van der Waals surface area contributed by atoms with Gasteiger partial charge < -0.3 is 0 Å². The molecule has 1 heterocycles. The van der Waals surface area contributed by atoms with Crippen molar-refractivity contribution in [2.75, 3.05) is 11.5 Å². The fourth-order valence-corrected chi connectivity index (χ4v) is 9.40. The highest BCUT2D eigenvalue weighted by Crippen LogP contribution is 2.80. The minimum absolute atomic E-state index is 0.0666. The van der Waals surface area contributed by atoms with Crippen molar-refractivity contribution in [2.45, 2.75) is 57.4 Å². The third-order valence-electron chi connectivity index (χ3n) is 7.05. The second-order valence-electron chi connectivity index (χ2n) is 7.36. The molecule has 0 bridgehead atoms. The summed E-state index contributed by atoms with van der Waals surface area (Å²) in [6.07, 6.45) is 9.45. The maximum absolute atomic E-state index is 9.21. The van der Waals surface area contributed by atoms with Crippen molar-refractivity contribution in [3.8, 4) is 0 Å². The first kappa shape index (κ1) is 12.0. The van der Waals surface area contributed by atoms with E-state index in [1.165, 1.54) is 32.1 Å². The lowest BCUT2D eigenvalue weighted by molar-refractivity contribution is 0.0433. The average molecular weight is 296 g/mol. The molecule has 0 amide bonds. The predicted octanol–water partition coefficient (Wildman–Crippen LogP) is 5.35. The fraction of sp³-hybridized carbons (Fsp3) is 0.882. The summed E-state index contributed by atoms with van der Waals surface area (Å²) >= 11 is 3.84. The van der Waals surface area contributed by atoms with Crippen molar-refractivity contribution in [3.05, 3.63) is 11.6 Å². The van der Waals surface area contributed by atoms with Gasteiger partial charge in [-0.3, -0.25) is 0 Å². The molecule has 4 aliphatic rings. The largest absolute Gasteiger partial charge is 0.146 e. The van der Waals surface area contributed by atoms with Crippen LogP contribution in [-0.2, 0) is 0 Å². The van der Waals surface area contributed by atoms with Gasteiger partial charge in [0.05, 0.1) is 5.93 Å². The van der Waals surface area contributed by atoms with Crippen molar-refractivity contribution < 1.29 is 1.37 Å². The molecular formula is C17H26S2. The van der Waals surface area contributed by atoms with Crippen LogP contribution < -0.4 is 0 Å². The molecule has 0 aromatic rings. The first-order chi connectivity index (χ1) is 9.42. The smallest absolute Gasteiger partial charge is 0.0596 e. The lowest BCUT2D eigenvalue weighted by Crippen LogP contribution is -2.46. The summed E-state index contributed by atoms with van der Waals surface area (Å²) in [6, 6.07) is 0. The monoisotopic (exact) mass is 295 g/mol. The summed E-state index contributed by atoms with van der Waals surface area (Å²) in [7, 11) is 0. The van der Waals surface area contributed by atoms with Crippen LogP contribution in [0.5, 0.6) is 0 Å². The molecule has 0 aromatic heterocycles. The Bertz CT molecular complexity index is 481. The van der Waals surface area contributed by atoms with E-state index in [1.54, 1.807) is 5.57 Å². The molecule has 0 radical (unpaired) electrons. The van der Waals surface area contributed by atoms with Crippen LogP contribution >= 0.6 is 23.5 Å². The molecule has 0 spiro atoms. The molecule has 106 valence electrons. The maximum Gasteiger partial charge on any atom is 0.0596 e. The molecule has 0 aromatic carbocycles. The van der Waals surface area contributed by atoms with Gasteiger partial charge in [-0.25, -0.2) is 0 Å². The summed E-state index contributed by atoms with van der Waals surface area (Å²) < 4.78 is 8.86. The number of hydrogen-bond acceptors (Lipinski definition) is 2. The van der Waals surface area contributed by atoms with E-state index in [9.17, 15) is 1.37 Å². The zero-order valence-corrected chi connectivity index (χ0v) is 14.1. The van der Waals surface area contributed by atoms with E-state index in [1.807, 2.05) is 23.5 Å². The molecule has 3 fully saturated rings. The Hall–Kier alpha value is 0.440. The molecule has 0 unspecified atom stereocenters. The Morgan fingerprint density at radius 1 is 1.26 bits per heavy atom. The van der Waals surface area contributed by atoms with Gasteiger partial charge in [0.1, 0.15) is 0 Å². The van der Waals surface area contributed by atoms with E-state index in [4.69, 9.17) is 0 Å². The van der Waals surface area contributed by atoms with Crippen LogP contribution in [-0.4, -0.2) is 16.1 Å². The number of allylic oxidation sites excluding steroid dienone is 2. The van der Waals surface area contributed by atoms with Crippen LogP contribution in [0.3, 0.4) is 0 Å². The summed E-state index contributed by atoms with van der Waals surface area (Å²) in [5.41, 5.74) is 2.55. The fourth-order valence-electron chi connectivity index (χ4n) is 6.42. The molecule has 4 atom stereocenters. The minimum atomic E-state index is -0.343. The van der Waals surface area contributed by atoms with Gasteiger partial charge in [0.15, 0.2) is 0 Å². The van der Waals surface area contributed by atoms with Crippen molar-refractivity contribution in [1.82, 2.24) is 0 Å². The zero-order valence-electron chi connectivity index (χ0n) is 13.4. The summed E-state index contributed by atoms with van der Waals surface area (Å²) in [4.78, 5) is 0. The summed E-state index contributed by atoms with van der Waals surface area (Å²) in [6.45, 7) is 7.32. The summed E-state index contributed by atoms with van der Waals surface area (Å²) in [5.74, 6) is 3.15. The van der Waals surface area contributed by atoms with Crippen molar-refractivity contribution >= 4 is 23.5 Å². The second kappa shape index (κ2) is 4.00. The second-order valence-corrected chi connectivity index (χ2v) is 9.83. The van der Waals surface area contributed by atoms with Crippen LogP contribution in [0.1, 0.15) is 54.2 Å². The van der Waals surface area contributed by atoms with Crippen LogP contribution in [0.15, 0.2) is 11.6 Å². The van der Waals surface area contributed by atoms with E-state index >= 15 is 0 Å². The first-order valence-electron chi connectivity index (χ1n) is 8.40. The zero-order chi connectivity index (χ0) is 14.2. The molecule has 0 N–H and O–H groups in total. The molecule has 2 heteroatoms. The minimum Gasteiger partial charge on any atom is -0.146 e. The van der Waals surface area contributed by atoms with Crippen molar-refractivity contribution in [2.24, 2.45) is 22.2 Å². The lowest BCUT2D eigenvalue weighted by Gasteiger charge is -2.50. The highest BCUT2D eigenvalue weighted by molar-refractivity contribution is 8.20. The maximum atomic E-state index is 9.21. The van der Waals surface area contributed by atoms with Gasteiger partial charge in [-0.05, 0) is 43.9 Å². The first-order valence-corrected chi connectivity index (χ1v) is 9.87. The Morgan fingerprint density at radius 2 is 2.00 bits per heavy atom. The van der Waals surface area contributed by atoms with Gasteiger partial charge >= 0.3 is 0 Å². The molecule has 1 saturated heterocycles. The Balaban J connectivity index is 1.91. The third kappa shape index (κ3) is 1.28. The molecular weight excluding hydrogens is 268 g/mol. The van der Waals surface area contributed by atoms with Gasteiger partial charge in [0.25, 0.3) is 0 Å². The van der Waals surface area contributed by atoms with E-state index < -0.39 is 0 Å².